The minimum absolute atomic E-state index is 0.246. The van der Waals surface area contributed by atoms with Crippen molar-refractivity contribution in [2.24, 2.45) is 5.41 Å². The minimum atomic E-state index is -0.892. The van der Waals surface area contributed by atoms with E-state index in [1.807, 2.05) is 45.2 Å². The van der Waals surface area contributed by atoms with Crippen molar-refractivity contribution in [3.05, 3.63) is 71.9 Å². The first-order valence-electron chi connectivity index (χ1n) is 16.5. The number of likely N-dealkylation sites (tertiary alicyclic amines) is 1. The van der Waals surface area contributed by atoms with Gasteiger partial charge in [0.15, 0.2) is 0 Å². The Kier molecular flexibility index (Phi) is 11.2. The van der Waals surface area contributed by atoms with Gasteiger partial charge >= 0.3 is 6.09 Å². The van der Waals surface area contributed by atoms with E-state index in [1.54, 1.807) is 60.2 Å². The van der Waals surface area contributed by atoms with Crippen molar-refractivity contribution in [2.75, 3.05) is 26.7 Å². The summed E-state index contributed by atoms with van der Waals surface area (Å²) >= 11 is 0. The first-order valence-corrected chi connectivity index (χ1v) is 16.5. The monoisotopic (exact) mass is 664 g/mol. The number of halogens is 1. The summed E-state index contributed by atoms with van der Waals surface area (Å²) in [6, 6.07) is 9.66. The number of ether oxygens (including phenoxy) is 1. The second-order valence-corrected chi connectivity index (χ2v) is 14.6. The molecule has 3 atom stereocenters. The molecule has 3 aromatic rings. The third-order valence-electron chi connectivity index (χ3n) is 8.59. The van der Waals surface area contributed by atoms with E-state index >= 15 is 0 Å². The van der Waals surface area contributed by atoms with Gasteiger partial charge in [0.1, 0.15) is 34.8 Å². The lowest BCUT2D eigenvalue weighted by molar-refractivity contribution is -0.141. The molecule has 1 aromatic carbocycles. The van der Waals surface area contributed by atoms with Gasteiger partial charge in [0.05, 0.1) is 0 Å². The van der Waals surface area contributed by atoms with E-state index in [1.165, 1.54) is 24.1 Å². The number of rotatable bonds is 10. The van der Waals surface area contributed by atoms with Crippen molar-refractivity contribution in [3.8, 4) is 0 Å². The van der Waals surface area contributed by atoms with Crippen molar-refractivity contribution in [1.82, 2.24) is 29.4 Å². The zero-order chi connectivity index (χ0) is 35.4. The number of carbonyl (C=O) groups is 4. The number of hydrogen-bond donors (Lipinski definition) is 1. The van der Waals surface area contributed by atoms with Crippen molar-refractivity contribution < 1.29 is 28.3 Å². The maximum Gasteiger partial charge on any atom is 0.410 e. The number of hydrogen-bond acceptors (Lipinski definition) is 6. The van der Waals surface area contributed by atoms with Gasteiger partial charge in [-0.1, -0.05) is 39.0 Å². The van der Waals surface area contributed by atoms with E-state index in [2.05, 4.69) is 10.3 Å². The number of likely N-dealkylation sites (N-methyl/N-ethyl adjacent to an activating group) is 1. The summed E-state index contributed by atoms with van der Waals surface area (Å²) in [7, 11) is 1.49. The first kappa shape index (κ1) is 36.4. The molecule has 4 rings (SSSR count). The van der Waals surface area contributed by atoms with Crippen LogP contribution < -0.4 is 5.32 Å². The summed E-state index contributed by atoms with van der Waals surface area (Å²) in [6.07, 6.45) is 4.80. The Balaban J connectivity index is 1.53. The summed E-state index contributed by atoms with van der Waals surface area (Å²) in [5.41, 5.74) is 0.435. The largest absolute Gasteiger partial charge is 0.444 e. The van der Waals surface area contributed by atoms with Crippen molar-refractivity contribution in [3.63, 3.8) is 0 Å². The Bertz CT molecular complexity index is 1580. The van der Waals surface area contributed by atoms with Gasteiger partial charge in [-0.2, -0.15) is 0 Å². The predicted octanol–water partition coefficient (Wildman–Crippen LogP) is 4.94. The number of imidazole rings is 1. The smallest absolute Gasteiger partial charge is 0.410 e. The summed E-state index contributed by atoms with van der Waals surface area (Å²) in [6.45, 7) is 13.6. The summed E-state index contributed by atoms with van der Waals surface area (Å²) in [5, 5.41) is 2.92. The van der Waals surface area contributed by atoms with Crippen molar-refractivity contribution in [1.29, 1.82) is 0 Å². The van der Waals surface area contributed by atoms with Gasteiger partial charge in [0, 0.05) is 45.1 Å². The number of pyridine rings is 1. The van der Waals surface area contributed by atoms with E-state index in [0.717, 1.165) is 12.0 Å². The highest BCUT2D eigenvalue weighted by Gasteiger charge is 2.41. The van der Waals surface area contributed by atoms with Crippen LogP contribution >= 0.6 is 0 Å². The molecule has 260 valence electrons. The van der Waals surface area contributed by atoms with E-state index in [4.69, 9.17) is 4.74 Å². The molecular formula is C36H49FN6O5. The Labute approximate surface area is 282 Å². The highest BCUT2D eigenvalue weighted by Crippen LogP contribution is 2.27. The van der Waals surface area contributed by atoms with Gasteiger partial charge in [-0.3, -0.25) is 19.3 Å². The van der Waals surface area contributed by atoms with Crippen LogP contribution in [0.4, 0.5) is 9.18 Å². The minimum Gasteiger partial charge on any atom is -0.444 e. The Morgan fingerprint density at radius 3 is 2.38 bits per heavy atom. The lowest BCUT2D eigenvalue weighted by atomic mass is 9.85. The number of aromatic nitrogens is 2. The van der Waals surface area contributed by atoms with Crippen LogP contribution in [0.25, 0.3) is 5.65 Å². The van der Waals surface area contributed by atoms with Gasteiger partial charge in [-0.05, 0) is 82.2 Å². The summed E-state index contributed by atoms with van der Waals surface area (Å²) in [4.78, 5) is 63.5. The summed E-state index contributed by atoms with van der Waals surface area (Å²) in [5.74, 6) is -1.32. The topological polar surface area (TPSA) is 117 Å². The Morgan fingerprint density at radius 1 is 1.06 bits per heavy atom. The molecule has 0 unspecified atom stereocenters. The standard InChI is InChI=1S/C36H49FN6O5/c1-24(40(8)34(47)48-36(5,6)7)31(44)39-30(35(2,3)4)33(46)43-20-11-12-27(43)22-42(21-18-25-14-16-26(37)17-15-25)32(45)28-23-41-19-10-9-13-29(41)38-28/h9-10,13-17,19,23-24,27,30H,11-12,18,20-22H2,1-8H3,(H,39,44)/t24-,27-,30+/m0/s1. The molecule has 0 radical (unpaired) electrons. The van der Waals surface area contributed by atoms with Crippen LogP contribution in [0.15, 0.2) is 54.9 Å². The molecule has 1 saturated heterocycles. The fraction of sp³-hybridized carbons (Fsp3) is 0.528. The Morgan fingerprint density at radius 2 is 1.75 bits per heavy atom. The molecule has 0 saturated carbocycles. The fourth-order valence-electron chi connectivity index (χ4n) is 5.71. The van der Waals surface area contributed by atoms with Crippen LogP contribution in [-0.4, -0.2) is 98.3 Å². The van der Waals surface area contributed by atoms with E-state index in [0.29, 0.717) is 37.3 Å². The molecule has 1 aliphatic heterocycles. The molecule has 0 spiro atoms. The summed E-state index contributed by atoms with van der Waals surface area (Å²) < 4.78 is 20.8. The second kappa shape index (κ2) is 14.7. The van der Waals surface area contributed by atoms with E-state index in [9.17, 15) is 23.6 Å². The zero-order valence-corrected chi connectivity index (χ0v) is 29.3. The number of nitrogens with zero attached hydrogens (tertiary/aromatic N) is 5. The van der Waals surface area contributed by atoms with Crippen molar-refractivity contribution in [2.45, 2.75) is 91.5 Å². The molecule has 4 amide bonds. The first-order chi connectivity index (χ1) is 22.4. The zero-order valence-electron chi connectivity index (χ0n) is 29.3. The maximum atomic E-state index is 14.3. The lowest BCUT2D eigenvalue weighted by Gasteiger charge is -2.38. The van der Waals surface area contributed by atoms with Crippen molar-refractivity contribution >= 4 is 29.5 Å². The van der Waals surface area contributed by atoms with Crippen LogP contribution in [0.2, 0.25) is 0 Å². The van der Waals surface area contributed by atoms with Gasteiger partial charge in [-0.15, -0.1) is 0 Å². The van der Waals surface area contributed by atoms with Gasteiger partial charge in [0.25, 0.3) is 5.91 Å². The Hall–Kier alpha value is -4.48. The van der Waals surface area contributed by atoms with E-state index < -0.39 is 35.1 Å². The third kappa shape index (κ3) is 9.11. The highest BCUT2D eigenvalue weighted by molar-refractivity contribution is 5.93. The average molecular weight is 665 g/mol. The molecule has 11 nitrogen and oxygen atoms in total. The molecule has 48 heavy (non-hydrogen) atoms. The van der Waals surface area contributed by atoms with Gasteiger partial charge < -0.3 is 24.3 Å². The van der Waals surface area contributed by atoms with Gasteiger partial charge in [0.2, 0.25) is 11.8 Å². The second-order valence-electron chi connectivity index (χ2n) is 14.6. The number of nitrogens with one attached hydrogen (secondary N) is 1. The normalized spacial score (nSPS) is 16.4. The third-order valence-corrected chi connectivity index (χ3v) is 8.59. The molecule has 1 N–H and O–H groups in total. The number of fused-ring (bicyclic) bond motifs is 1. The highest BCUT2D eigenvalue weighted by atomic mass is 19.1. The average Bonchev–Trinajstić information content (AvgIpc) is 3.67. The maximum absolute atomic E-state index is 14.3. The van der Waals surface area contributed by atoms with E-state index in [-0.39, 0.29) is 30.2 Å². The van der Waals surface area contributed by atoms with Gasteiger partial charge in [-0.25, -0.2) is 14.2 Å². The molecule has 3 heterocycles. The van der Waals surface area contributed by atoms with Crippen LogP contribution in [0.5, 0.6) is 0 Å². The number of carbonyl (C=O) groups excluding carboxylic acids is 4. The fourth-order valence-corrected chi connectivity index (χ4v) is 5.71. The molecule has 0 aliphatic carbocycles. The SMILES string of the molecule is C[C@@H](C(=O)N[C@H](C(=O)N1CCC[C@H]1CN(CCc1ccc(F)cc1)C(=O)c1cn2ccccc2n1)C(C)(C)C)N(C)C(=O)OC(C)(C)C. The lowest BCUT2D eigenvalue weighted by Crippen LogP contribution is -2.59. The van der Waals surface area contributed by atoms with Crippen LogP contribution in [0.1, 0.15) is 77.4 Å². The molecule has 1 aliphatic rings. The number of benzene rings is 1. The number of amides is 4. The molecular weight excluding hydrogens is 615 g/mol. The van der Waals surface area contributed by atoms with Crippen LogP contribution in [0, 0.1) is 11.2 Å². The predicted molar refractivity (Wildman–Crippen MR) is 181 cm³/mol. The molecule has 0 bridgehead atoms. The molecule has 1 fully saturated rings. The molecule has 12 heteroatoms. The van der Waals surface area contributed by atoms with Crippen LogP contribution in [-0.2, 0) is 20.7 Å². The quantitative estimate of drug-likeness (QED) is 0.329. The molecule has 2 aromatic heterocycles. The van der Waals surface area contributed by atoms with Crippen LogP contribution in [0.3, 0.4) is 0 Å².